The first-order valence-corrected chi connectivity index (χ1v) is 4.82. The maximum atomic E-state index is 11.3. The van der Waals surface area contributed by atoms with Crippen LogP contribution in [0.5, 0.6) is 0 Å². The van der Waals surface area contributed by atoms with Crippen molar-refractivity contribution in [3.8, 4) is 0 Å². The number of thiazole rings is 1. The van der Waals surface area contributed by atoms with Crippen LogP contribution in [0, 0.1) is 0 Å². The van der Waals surface area contributed by atoms with Gasteiger partial charge in [-0.1, -0.05) is 35.6 Å². The van der Waals surface area contributed by atoms with E-state index in [-0.39, 0.29) is 4.87 Å². The van der Waals surface area contributed by atoms with Gasteiger partial charge in [0, 0.05) is 7.05 Å². The van der Waals surface area contributed by atoms with Gasteiger partial charge >= 0.3 is 4.87 Å². The fourth-order valence-electron chi connectivity index (χ4n) is 1.21. The molecule has 66 valence electrons. The Bertz CT molecular complexity index is 460. The Morgan fingerprint density at radius 1 is 1.15 bits per heavy atom. The zero-order valence-corrected chi connectivity index (χ0v) is 8.04. The summed E-state index contributed by atoms with van der Waals surface area (Å²) in [6, 6.07) is 0. The maximum Gasteiger partial charge on any atom is 0.307 e. The van der Waals surface area contributed by atoms with E-state index >= 15 is 0 Å². The largest absolute Gasteiger partial charge is 0.307 e. The van der Waals surface area contributed by atoms with E-state index < -0.39 is 0 Å². The molecule has 3 heteroatoms. The number of aromatic nitrogens is 1. The van der Waals surface area contributed by atoms with Crippen LogP contribution in [0.1, 0.15) is 10.6 Å². The molecule has 0 saturated heterocycles. The Labute approximate surface area is 80.1 Å². The van der Waals surface area contributed by atoms with E-state index in [9.17, 15) is 4.79 Å². The Kier molecular flexibility index (Phi) is 2.02. The summed E-state index contributed by atoms with van der Waals surface area (Å²) in [4.78, 5) is 12.4. The van der Waals surface area contributed by atoms with E-state index in [2.05, 4.69) is 0 Å². The molecule has 0 saturated carbocycles. The molecule has 1 aliphatic rings. The van der Waals surface area contributed by atoms with Gasteiger partial charge in [0.15, 0.2) is 0 Å². The molecule has 0 N–H and O–H groups in total. The molecule has 0 fully saturated rings. The topological polar surface area (TPSA) is 22.0 Å². The number of fused-ring (bicyclic) bond motifs is 1. The molecule has 0 unspecified atom stereocenters. The minimum Gasteiger partial charge on any atom is -0.302 e. The highest BCUT2D eigenvalue weighted by molar-refractivity contribution is 7.10. The van der Waals surface area contributed by atoms with E-state index in [0.717, 1.165) is 10.6 Å². The van der Waals surface area contributed by atoms with Gasteiger partial charge in [-0.3, -0.25) is 4.79 Å². The summed E-state index contributed by atoms with van der Waals surface area (Å²) < 4.78 is 1.67. The lowest BCUT2D eigenvalue weighted by Gasteiger charge is -1.96. The van der Waals surface area contributed by atoms with Crippen molar-refractivity contribution in [1.29, 1.82) is 0 Å². The first-order valence-electron chi connectivity index (χ1n) is 4.00. The summed E-state index contributed by atoms with van der Waals surface area (Å²) in [6.07, 6.45) is 11.7. The van der Waals surface area contributed by atoms with Crippen LogP contribution in [-0.4, -0.2) is 4.57 Å². The SMILES string of the molecule is Cn1c2c(sc1=O)C=CC=CC=C2. The second-order valence-electron chi connectivity index (χ2n) is 2.78. The summed E-state index contributed by atoms with van der Waals surface area (Å²) in [5.41, 5.74) is 0.982. The smallest absolute Gasteiger partial charge is 0.302 e. The van der Waals surface area contributed by atoms with Crippen molar-refractivity contribution in [1.82, 2.24) is 4.57 Å². The zero-order chi connectivity index (χ0) is 9.26. The van der Waals surface area contributed by atoms with E-state index in [1.165, 1.54) is 11.3 Å². The van der Waals surface area contributed by atoms with Crippen LogP contribution in [-0.2, 0) is 7.05 Å². The van der Waals surface area contributed by atoms with E-state index in [1.807, 2.05) is 36.5 Å². The van der Waals surface area contributed by atoms with Crippen molar-refractivity contribution in [2.45, 2.75) is 0 Å². The molecule has 0 aliphatic heterocycles. The van der Waals surface area contributed by atoms with Crippen LogP contribution in [0.25, 0.3) is 12.2 Å². The van der Waals surface area contributed by atoms with Crippen LogP contribution < -0.4 is 4.87 Å². The molecule has 1 heterocycles. The lowest BCUT2D eigenvalue weighted by Crippen LogP contribution is -2.08. The molecular formula is C10H9NOS. The summed E-state index contributed by atoms with van der Waals surface area (Å²) in [6.45, 7) is 0. The van der Waals surface area contributed by atoms with Crippen molar-refractivity contribution in [2.24, 2.45) is 7.05 Å². The first-order chi connectivity index (χ1) is 6.29. The summed E-state index contributed by atoms with van der Waals surface area (Å²) in [5.74, 6) is 0. The van der Waals surface area contributed by atoms with Gasteiger partial charge in [0.1, 0.15) is 0 Å². The second kappa shape index (κ2) is 3.18. The number of nitrogens with zero attached hydrogens (tertiary/aromatic N) is 1. The van der Waals surface area contributed by atoms with E-state index in [1.54, 1.807) is 11.6 Å². The normalized spacial score (nSPS) is 13.9. The molecule has 0 spiro atoms. The summed E-state index contributed by atoms with van der Waals surface area (Å²) in [5, 5.41) is 0. The fourth-order valence-corrected chi connectivity index (χ4v) is 2.09. The lowest BCUT2D eigenvalue weighted by atomic mass is 10.2. The van der Waals surface area contributed by atoms with Crippen LogP contribution in [0.2, 0.25) is 0 Å². The highest BCUT2D eigenvalue weighted by Crippen LogP contribution is 2.16. The minimum absolute atomic E-state index is 0.0844. The van der Waals surface area contributed by atoms with Gasteiger partial charge in [-0.25, -0.2) is 0 Å². The summed E-state index contributed by atoms with van der Waals surface area (Å²) in [7, 11) is 1.79. The number of hydrogen-bond acceptors (Lipinski definition) is 2. The standard InChI is InChI=1S/C10H9NOS/c1-11-8-6-4-2-3-5-7-9(8)13-10(11)12/h2-7H,1H3. The van der Waals surface area contributed by atoms with Crippen LogP contribution in [0.3, 0.4) is 0 Å². The van der Waals surface area contributed by atoms with Crippen molar-refractivity contribution < 1.29 is 0 Å². The molecule has 1 aromatic heterocycles. The third kappa shape index (κ3) is 1.42. The van der Waals surface area contributed by atoms with Crippen LogP contribution in [0.4, 0.5) is 0 Å². The van der Waals surface area contributed by atoms with Gasteiger partial charge < -0.3 is 4.57 Å². The van der Waals surface area contributed by atoms with Crippen molar-refractivity contribution >= 4 is 23.5 Å². The van der Waals surface area contributed by atoms with Crippen LogP contribution >= 0.6 is 11.3 Å². The Balaban J connectivity index is 2.69. The molecule has 2 nitrogen and oxygen atoms in total. The third-order valence-electron chi connectivity index (χ3n) is 1.92. The molecule has 13 heavy (non-hydrogen) atoms. The highest BCUT2D eigenvalue weighted by atomic mass is 32.1. The Hall–Kier alpha value is -1.35. The first kappa shape index (κ1) is 8.26. The van der Waals surface area contributed by atoms with Crippen molar-refractivity contribution in [3.05, 3.63) is 44.5 Å². The predicted octanol–water partition coefficient (Wildman–Crippen LogP) is 2.04. The quantitative estimate of drug-likeness (QED) is 0.615. The monoisotopic (exact) mass is 191 g/mol. The molecule has 1 aromatic rings. The van der Waals surface area contributed by atoms with Gasteiger partial charge in [0.2, 0.25) is 0 Å². The van der Waals surface area contributed by atoms with Gasteiger partial charge in [-0.05, 0) is 12.2 Å². The molecule has 1 aliphatic carbocycles. The van der Waals surface area contributed by atoms with Crippen molar-refractivity contribution in [3.63, 3.8) is 0 Å². The van der Waals surface area contributed by atoms with Crippen LogP contribution in [0.15, 0.2) is 29.1 Å². The second-order valence-corrected chi connectivity index (χ2v) is 3.77. The van der Waals surface area contributed by atoms with Gasteiger partial charge in [-0.15, -0.1) is 0 Å². The molecule has 0 atom stereocenters. The van der Waals surface area contributed by atoms with E-state index in [0.29, 0.717) is 0 Å². The van der Waals surface area contributed by atoms with Gasteiger partial charge in [0.05, 0.1) is 10.6 Å². The molecule has 0 bridgehead atoms. The minimum atomic E-state index is 0.0844. The molecular weight excluding hydrogens is 182 g/mol. The summed E-state index contributed by atoms with van der Waals surface area (Å²) >= 11 is 1.27. The number of hydrogen-bond donors (Lipinski definition) is 0. The predicted molar refractivity (Wildman–Crippen MR) is 56.8 cm³/mol. The average molecular weight is 191 g/mol. The highest BCUT2D eigenvalue weighted by Gasteiger charge is 2.06. The van der Waals surface area contributed by atoms with Crippen molar-refractivity contribution in [2.75, 3.05) is 0 Å². The molecule has 0 amide bonds. The van der Waals surface area contributed by atoms with Gasteiger partial charge in [-0.2, -0.15) is 0 Å². The van der Waals surface area contributed by atoms with Gasteiger partial charge in [0.25, 0.3) is 0 Å². The lowest BCUT2D eigenvalue weighted by molar-refractivity contribution is 0.883. The Morgan fingerprint density at radius 2 is 1.85 bits per heavy atom. The average Bonchev–Trinajstić information content (AvgIpc) is 2.31. The fraction of sp³-hybridized carbons (Fsp3) is 0.100. The van der Waals surface area contributed by atoms with E-state index in [4.69, 9.17) is 0 Å². The third-order valence-corrected chi connectivity index (χ3v) is 2.93. The Morgan fingerprint density at radius 3 is 2.62 bits per heavy atom. The maximum absolute atomic E-state index is 11.3. The number of allylic oxidation sites excluding steroid dienone is 4. The molecule has 0 radical (unpaired) electrons. The molecule has 2 rings (SSSR count). The number of rotatable bonds is 0. The zero-order valence-electron chi connectivity index (χ0n) is 7.23. The molecule has 0 aromatic carbocycles.